The van der Waals surface area contributed by atoms with Crippen molar-refractivity contribution in [1.29, 1.82) is 0 Å². The number of carbonyl (C=O) groups excluding carboxylic acids is 4. The summed E-state index contributed by atoms with van der Waals surface area (Å²) < 4.78 is 48.3. The zero-order valence-electron chi connectivity index (χ0n) is 23.1. The van der Waals surface area contributed by atoms with Gasteiger partial charge in [-0.1, -0.05) is 30.3 Å². The second-order valence-electron chi connectivity index (χ2n) is 8.66. The van der Waals surface area contributed by atoms with Gasteiger partial charge in [0, 0.05) is 27.2 Å². The molecule has 1 fully saturated rings. The Morgan fingerprint density at radius 1 is 0.775 bits per heavy atom. The van der Waals surface area contributed by atoms with Crippen molar-refractivity contribution in [2.75, 3.05) is 52.9 Å². The van der Waals surface area contributed by atoms with Gasteiger partial charge in [0.1, 0.15) is 32.0 Å². The minimum atomic E-state index is -0.960. The molecule has 1 aliphatic heterocycles. The highest BCUT2D eigenvalue weighted by Crippen LogP contribution is 2.27. The number of hydrogen-bond donors (Lipinski definition) is 0. The molecule has 1 aliphatic rings. The molecular weight excluding hydrogens is 532 g/mol. The van der Waals surface area contributed by atoms with Crippen molar-refractivity contribution in [1.82, 2.24) is 0 Å². The van der Waals surface area contributed by atoms with Crippen LogP contribution in [0.4, 0.5) is 0 Å². The summed E-state index contributed by atoms with van der Waals surface area (Å²) in [6.45, 7) is 5.03. The minimum Gasteiger partial charge on any atom is -0.463 e. The molecule has 2 rings (SSSR count). The number of esters is 4. The van der Waals surface area contributed by atoms with Crippen molar-refractivity contribution in [2.45, 2.75) is 58.4 Å². The van der Waals surface area contributed by atoms with Crippen LogP contribution in [0.3, 0.4) is 0 Å². The highest BCUT2D eigenvalue weighted by atomic mass is 16.7. The number of carbonyl (C=O) groups is 4. The first kappa shape index (κ1) is 33.1. The number of rotatable bonds is 18. The van der Waals surface area contributed by atoms with Crippen LogP contribution in [-0.4, -0.2) is 101 Å². The lowest BCUT2D eigenvalue weighted by molar-refractivity contribution is -0.267. The fourth-order valence-electron chi connectivity index (χ4n) is 3.62. The van der Waals surface area contributed by atoms with Gasteiger partial charge >= 0.3 is 23.9 Å². The third kappa shape index (κ3) is 14.3. The van der Waals surface area contributed by atoms with Crippen molar-refractivity contribution in [3.8, 4) is 0 Å². The molecule has 1 heterocycles. The Balaban J connectivity index is 1.57. The smallest absolute Gasteiger partial charge is 0.332 e. The second kappa shape index (κ2) is 19.1. The van der Waals surface area contributed by atoms with Gasteiger partial charge in [-0.3, -0.25) is 14.4 Å². The van der Waals surface area contributed by atoms with Gasteiger partial charge < -0.3 is 42.6 Å². The predicted octanol–water partition coefficient (Wildman–Crippen LogP) is 1.34. The molecule has 0 N–H and O–H groups in total. The summed E-state index contributed by atoms with van der Waals surface area (Å²) in [7, 11) is 0. The number of benzene rings is 1. The molecule has 224 valence electrons. The molecule has 1 aromatic rings. The first-order valence-corrected chi connectivity index (χ1v) is 12.9. The first-order chi connectivity index (χ1) is 19.2. The molecule has 0 aliphatic carbocycles. The maximum absolute atomic E-state index is 11.7. The van der Waals surface area contributed by atoms with Crippen LogP contribution in [0.5, 0.6) is 0 Å². The van der Waals surface area contributed by atoms with Crippen LogP contribution in [0.1, 0.15) is 32.8 Å². The second-order valence-corrected chi connectivity index (χ2v) is 8.66. The lowest BCUT2D eigenvalue weighted by Crippen LogP contribution is -2.54. The van der Waals surface area contributed by atoms with Crippen LogP contribution in [0.2, 0.25) is 0 Å². The van der Waals surface area contributed by atoms with Gasteiger partial charge in [0.15, 0.2) is 12.4 Å². The van der Waals surface area contributed by atoms with E-state index in [2.05, 4.69) is 0 Å². The van der Waals surface area contributed by atoms with Crippen molar-refractivity contribution < 1.29 is 61.8 Å². The minimum absolute atomic E-state index is 0.108. The Kier molecular flexibility index (Phi) is 15.8. The van der Waals surface area contributed by atoms with E-state index in [0.29, 0.717) is 13.2 Å². The summed E-state index contributed by atoms with van der Waals surface area (Å²) in [5, 5.41) is 0. The molecule has 4 atom stereocenters. The molecule has 13 heteroatoms. The predicted molar refractivity (Wildman–Crippen MR) is 136 cm³/mol. The van der Waals surface area contributed by atoms with Crippen LogP contribution in [-0.2, 0) is 68.4 Å². The van der Waals surface area contributed by atoms with Crippen molar-refractivity contribution in [2.24, 2.45) is 0 Å². The zero-order valence-corrected chi connectivity index (χ0v) is 23.1. The van der Waals surface area contributed by atoms with Gasteiger partial charge in [-0.05, 0) is 5.56 Å². The third-order valence-corrected chi connectivity index (χ3v) is 5.29. The highest BCUT2D eigenvalue weighted by molar-refractivity contribution is 5.70. The number of hydrogen-bond acceptors (Lipinski definition) is 13. The van der Waals surface area contributed by atoms with E-state index < -0.39 is 48.5 Å². The summed E-state index contributed by atoms with van der Waals surface area (Å²) in [6, 6.07) is 9.36. The molecular formula is C27H38O13. The average Bonchev–Trinajstić information content (AvgIpc) is 2.90. The maximum atomic E-state index is 11.7. The molecule has 0 spiro atoms. The van der Waals surface area contributed by atoms with E-state index in [1.54, 1.807) is 0 Å². The van der Waals surface area contributed by atoms with E-state index in [0.717, 1.165) is 5.56 Å². The highest BCUT2D eigenvalue weighted by Gasteiger charge is 2.44. The van der Waals surface area contributed by atoms with Crippen molar-refractivity contribution in [3.63, 3.8) is 0 Å². The van der Waals surface area contributed by atoms with Gasteiger partial charge in [-0.15, -0.1) is 0 Å². The Bertz CT molecular complexity index is 907. The summed E-state index contributed by atoms with van der Waals surface area (Å²) >= 11 is 0. The Hall–Kier alpha value is -3.10. The van der Waals surface area contributed by atoms with Crippen LogP contribution < -0.4 is 0 Å². The van der Waals surface area contributed by atoms with Crippen molar-refractivity contribution in [3.05, 3.63) is 35.9 Å². The Morgan fingerprint density at radius 3 is 2.02 bits per heavy atom. The van der Waals surface area contributed by atoms with E-state index in [-0.39, 0.29) is 52.7 Å². The molecule has 0 amide bonds. The summed E-state index contributed by atoms with van der Waals surface area (Å²) in [4.78, 5) is 46.1. The largest absolute Gasteiger partial charge is 0.463 e. The quantitative estimate of drug-likeness (QED) is 0.142. The maximum Gasteiger partial charge on any atom is 0.332 e. The summed E-state index contributed by atoms with van der Waals surface area (Å²) in [5.41, 5.74) is 0.901. The molecule has 0 radical (unpaired) electrons. The van der Waals surface area contributed by atoms with E-state index in [4.69, 9.17) is 42.6 Å². The summed E-state index contributed by atoms with van der Waals surface area (Å²) in [5.74, 6) is -2.15. The van der Waals surface area contributed by atoms with Gasteiger partial charge in [0.25, 0.3) is 0 Å². The monoisotopic (exact) mass is 570 g/mol. The van der Waals surface area contributed by atoms with E-state index in [1.807, 2.05) is 30.3 Å². The normalized spacial score (nSPS) is 20.4. The molecule has 0 unspecified atom stereocenters. The molecule has 1 saturated heterocycles. The average molecular weight is 571 g/mol. The molecule has 40 heavy (non-hydrogen) atoms. The fraction of sp³-hybridized carbons (Fsp3) is 0.630. The van der Waals surface area contributed by atoms with Gasteiger partial charge in [-0.2, -0.15) is 0 Å². The van der Waals surface area contributed by atoms with E-state index in [1.165, 1.54) is 20.8 Å². The topological polar surface area (TPSA) is 151 Å². The van der Waals surface area contributed by atoms with Gasteiger partial charge in [0.2, 0.25) is 0 Å². The standard InChI is InChI=1S/C27H38O13/c1-19(28)36-17-24-27(39-21(3)30)23(38-20(2)29)15-26(40-24)35-14-13-33-10-9-32-11-12-34-18-25(31)37-16-22-7-5-4-6-8-22/h4-8,23-24,26-27H,9-18H2,1-3H3/t23-,24-,26-,27-/m1/s1. The Morgan fingerprint density at radius 2 is 1.40 bits per heavy atom. The third-order valence-electron chi connectivity index (χ3n) is 5.29. The summed E-state index contributed by atoms with van der Waals surface area (Å²) in [6.07, 6.45) is -3.40. The van der Waals surface area contributed by atoms with Crippen LogP contribution in [0, 0.1) is 0 Å². The zero-order chi connectivity index (χ0) is 29.2. The molecule has 0 bridgehead atoms. The molecule has 0 aromatic heterocycles. The number of ether oxygens (including phenoxy) is 9. The SMILES string of the molecule is CC(=O)OC[C@H]1O[C@@H](OCCOCCOCCOCC(=O)OCc2ccccc2)C[C@@H](OC(C)=O)[C@H]1OC(C)=O. The van der Waals surface area contributed by atoms with Crippen LogP contribution in [0.25, 0.3) is 0 Å². The van der Waals surface area contributed by atoms with E-state index >= 15 is 0 Å². The fourth-order valence-corrected chi connectivity index (χ4v) is 3.62. The van der Waals surface area contributed by atoms with Crippen LogP contribution in [0.15, 0.2) is 30.3 Å². The Labute approximate surface area is 233 Å². The molecule has 0 saturated carbocycles. The first-order valence-electron chi connectivity index (χ1n) is 12.9. The van der Waals surface area contributed by atoms with Crippen molar-refractivity contribution >= 4 is 23.9 Å². The van der Waals surface area contributed by atoms with Gasteiger partial charge in [0.05, 0.1) is 39.6 Å². The lowest BCUT2D eigenvalue weighted by Gasteiger charge is -2.39. The molecule has 1 aromatic carbocycles. The molecule has 13 nitrogen and oxygen atoms in total. The van der Waals surface area contributed by atoms with Crippen LogP contribution >= 0.6 is 0 Å². The van der Waals surface area contributed by atoms with E-state index in [9.17, 15) is 19.2 Å². The lowest BCUT2D eigenvalue weighted by atomic mass is 10.0. The van der Waals surface area contributed by atoms with Gasteiger partial charge in [-0.25, -0.2) is 4.79 Å².